The van der Waals surface area contributed by atoms with Crippen LogP contribution in [0.5, 0.6) is 0 Å². The maximum absolute atomic E-state index is 12.8. The molecule has 2 heterocycles. The van der Waals surface area contributed by atoms with Crippen LogP contribution >= 0.6 is 24.0 Å². The van der Waals surface area contributed by atoms with Crippen LogP contribution in [0, 0.1) is 0 Å². The lowest BCUT2D eigenvalue weighted by molar-refractivity contribution is -0.123. The third-order valence-corrected chi connectivity index (χ3v) is 5.70. The number of hydrogen-bond acceptors (Lipinski definition) is 4. The molecule has 0 bridgehead atoms. The van der Waals surface area contributed by atoms with Crippen LogP contribution < -0.4 is 4.90 Å². The Kier molecular flexibility index (Phi) is 4.29. The molecule has 1 saturated heterocycles. The summed E-state index contributed by atoms with van der Waals surface area (Å²) < 4.78 is 0.534. The first kappa shape index (κ1) is 16.2. The zero-order valence-corrected chi connectivity index (χ0v) is 15.0. The third-order valence-electron chi connectivity index (χ3n) is 4.30. The number of para-hydroxylation sites is 1. The number of nitrogens with zero attached hydrogens (tertiary/aromatic N) is 2. The molecule has 23 heavy (non-hydrogen) atoms. The quantitative estimate of drug-likeness (QED) is 0.621. The highest BCUT2D eigenvalue weighted by Crippen LogP contribution is 2.44. The van der Waals surface area contributed by atoms with E-state index in [1.807, 2.05) is 45.0 Å². The Bertz CT molecular complexity index is 742. The SMILES string of the molecule is CCC(C)N1C(=O)/C(=C2\C(=O)N(CC)c3ccccc32)SC1=S. The Morgan fingerprint density at radius 2 is 1.87 bits per heavy atom. The Morgan fingerprint density at radius 3 is 2.52 bits per heavy atom. The molecule has 3 rings (SSSR count). The predicted octanol–water partition coefficient (Wildman–Crippen LogP) is 3.42. The molecule has 1 aromatic carbocycles. The zero-order chi connectivity index (χ0) is 16.7. The van der Waals surface area contributed by atoms with E-state index in [2.05, 4.69) is 0 Å². The van der Waals surface area contributed by atoms with Crippen LogP contribution in [0.4, 0.5) is 5.69 Å². The summed E-state index contributed by atoms with van der Waals surface area (Å²) in [5, 5.41) is 0. The van der Waals surface area contributed by atoms with E-state index in [0.717, 1.165) is 17.7 Å². The van der Waals surface area contributed by atoms with Gasteiger partial charge in [-0.2, -0.15) is 0 Å². The van der Waals surface area contributed by atoms with E-state index in [9.17, 15) is 9.59 Å². The van der Waals surface area contributed by atoms with Crippen molar-refractivity contribution in [3.8, 4) is 0 Å². The molecular formula is C17H18N2O2S2. The highest BCUT2D eigenvalue weighted by Gasteiger charge is 2.42. The largest absolute Gasteiger partial charge is 0.308 e. The Labute approximate surface area is 145 Å². The molecule has 1 unspecified atom stereocenters. The molecule has 120 valence electrons. The van der Waals surface area contributed by atoms with E-state index in [4.69, 9.17) is 12.2 Å². The van der Waals surface area contributed by atoms with Crippen LogP contribution in [0.15, 0.2) is 29.2 Å². The van der Waals surface area contributed by atoms with Gasteiger partial charge in [0.05, 0.1) is 16.2 Å². The summed E-state index contributed by atoms with van der Waals surface area (Å²) in [6.07, 6.45) is 0.820. The Morgan fingerprint density at radius 1 is 1.17 bits per heavy atom. The molecular weight excluding hydrogens is 328 g/mol. The number of anilines is 1. The van der Waals surface area contributed by atoms with Gasteiger partial charge in [0.25, 0.3) is 11.8 Å². The number of amides is 2. The third kappa shape index (κ3) is 2.40. The summed E-state index contributed by atoms with van der Waals surface area (Å²) in [6.45, 7) is 6.50. The average Bonchev–Trinajstić information content (AvgIpc) is 2.99. The number of carbonyl (C=O) groups excluding carboxylic acids is 2. The summed E-state index contributed by atoms with van der Waals surface area (Å²) in [6, 6.07) is 7.64. The van der Waals surface area contributed by atoms with Crippen LogP contribution in [0.25, 0.3) is 5.57 Å². The fourth-order valence-electron chi connectivity index (χ4n) is 2.91. The fourth-order valence-corrected chi connectivity index (χ4v) is 4.44. The summed E-state index contributed by atoms with van der Waals surface area (Å²) in [5.74, 6) is -0.260. The first-order valence-electron chi connectivity index (χ1n) is 7.72. The summed E-state index contributed by atoms with van der Waals surface area (Å²) in [5.41, 5.74) is 2.18. The standard InChI is InChI=1S/C17H18N2O2S2/c1-4-10(3)19-16(21)14(23-17(19)22)13-11-8-6-7-9-12(11)18(5-2)15(13)20/h6-10H,4-5H2,1-3H3/b14-13+. The van der Waals surface area contributed by atoms with Crippen molar-refractivity contribution >= 4 is 51.4 Å². The smallest absolute Gasteiger partial charge is 0.267 e. The van der Waals surface area contributed by atoms with Crippen molar-refractivity contribution in [2.45, 2.75) is 33.2 Å². The number of benzene rings is 1. The monoisotopic (exact) mass is 346 g/mol. The molecule has 0 N–H and O–H groups in total. The van der Waals surface area contributed by atoms with Crippen molar-refractivity contribution in [3.05, 3.63) is 34.7 Å². The fraction of sp³-hybridized carbons (Fsp3) is 0.353. The second kappa shape index (κ2) is 6.09. The highest BCUT2D eigenvalue weighted by molar-refractivity contribution is 8.26. The molecule has 2 aliphatic rings. The minimum Gasteiger partial charge on any atom is -0.308 e. The Balaban J connectivity index is 2.14. The van der Waals surface area contributed by atoms with Gasteiger partial charge in [0.1, 0.15) is 4.32 Å². The van der Waals surface area contributed by atoms with Gasteiger partial charge in [0.15, 0.2) is 0 Å². The van der Waals surface area contributed by atoms with Crippen LogP contribution in [-0.4, -0.2) is 33.6 Å². The number of thiocarbonyl (C=S) groups is 1. The molecule has 0 aromatic heterocycles. The lowest BCUT2D eigenvalue weighted by atomic mass is 10.1. The van der Waals surface area contributed by atoms with Crippen molar-refractivity contribution in [2.24, 2.45) is 0 Å². The maximum Gasteiger partial charge on any atom is 0.267 e. The number of rotatable bonds is 3. The summed E-state index contributed by atoms with van der Waals surface area (Å²) in [4.78, 5) is 29.5. The summed E-state index contributed by atoms with van der Waals surface area (Å²) >= 11 is 6.62. The van der Waals surface area contributed by atoms with Crippen LogP contribution in [-0.2, 0) is 9.59 Å². The average molecular weight is 346 g/mol. The van der Waals surface area contributed by atoms with Gasteiger partial charge in [-0.1, -0.05) is 49.1 Å². The molecule has 0 saturated carbocycles. The van der Waals surface area contributed by atoms with Crippen LogP contribution in [0.2, 0.25) is 0 Å². The molecule has 4 nitrogen and oxygen atoms in total. The molecule has 0 radical (unpaired) electrons. The zero-order valence-electron chi connectivity index (χ0n) is 13.3. The highest BCUT2D eigenvalue weighted by atomic mass is 32.2. The molecule has 1 aromatic rings. The number of hydrogen-bond donors (Lipinski definition) is 0. The van der Waals surface area contributed by atoms with E-state index in [0.29, 0.717) is 21.3 Å². The number of fused-ring (bicyclic) bond motifs is 1. The van der Waals surface area contributed by atoms with Gasteiger partial charge in [-0.25, -0.2) is 0 Å². The maximum atomic E-state index is 12.8. The lowest BCUT2D eigenvalue weighted by Gasteiger charge is -2.21. The molecule has 2 amide bonds. The lowest BCUT2D eigenvalue weighted by Crippen LogP contribution is -2.36. The molecule has 1 fully saturated rings. The molecule has 0 spiro atoms. The van der Waals surface area contributed by atoms with E-state index in [-0.39, 0.29) is 17.9 Å². The number of carbonyl (C=O) groups is 2. The van der Waals surface area contributed by atoms with Crippen LogP contribution in [0.1, 0.15) is 32.8 Å². The van der Waals surface area contributed by atoms with Crippen molar-refractivity contribution in [1.82, 2.24) is 4.90 Å². The second-order valence-electron chi connectivity index (χ2n) is 5.57. The second-order valence-corrected chi connectivity index (χ2v) is 7.22. The van der Waals surface area contributed by atoms with Gasteiger partial charge in [0.2, 0.25) is 0 Å². The van der Waals surface area contributed by atoms with Gasteiger partial charge in [-0.3, -0.25) is 14.5 Å². The molecule has 1 atom stereocenters. The first-order valence-corrected chi connectivity index (χ1v) is 8.94. The van der Waals surface area contributed by atoms with Crippen molar-refractivity contribution in [1.29, 1.82) is 0 Å². The minimum absolute atomic E-state index is 0.0367. The van der Waals surface area contributed by atoms with Gasteiger partial charge in [-0.15, -0.1) is 0 Å². The predicted molar refractivity (Wildman–Crippen MR) is 98.2 cm³/mol. The number of thioether (sulfide) groups is 1. The van der Waals surface area contributed by atoms with Gasteiger partial charge in [-0.05, 0) is 26.3 Å². The van der Waals surface area contributed by atoms with E-state index in [1.165, 1.54) is 11.8 Å². The molecule has 0 aliphatic carbocycles. The van der Waals surface area contributed by atoms with E-state index >= 15 is 0 Å². The van der Waals surface area contributed by atoms with E-state index < -0.39 is 0 Å². The molecule has 6 heteroatoms. The van der Waals surface area contributed by atoms with Crippen molar-refractivity contribution in [3.63, 3.8) is 0 Å². The van der Waals surface area contributed by atoms with Crippen molar-refractivity contribution < 1.29 is 9.59 Å². The van der Waals surface area contributed by atoms with Gasteiger partial charge in [0, 0.05) is 18.2 Å². The normalized spacial score (nSPS) is 22.1. The minimum atomic E-state index is -0.148. The first-order chi connectivity index (χ1) is 11.0. The van der Waals surface area contributed by atoms with E-state index in [1.54, 1.807) is 9.80 Å². The van der Waals surface area contributed by atoms with Crippen molar-refractivity contribution in [2.75, 3.05) is 11.4 Å². The van der Waals surface area contributed by atoms with Crippen LogP contribution in [0.3, 0.4) is 0 Å². The topological polar surface area (TPSA) is 40.6 Å². The Hall–Kier alpha value is -1.66. The number of likely N-dealkylation sites (N-methyl/N-ethyl adjacent to an activating group) is 1. The summed E-state index contributed by atoms with van der Waals surface area (Å²) in [7, 11) is 0. The molecule has 2 aliphatic heterocycles. The van der Waals surface area contributed by atoms with Gasteiger partial charge >= 0.3 is 0 Å². The van der Waals surface area contributed by atoms with Gasteiger partial charge < -0.3 is 4.90 Å².